The zero-order chi connectivity index (χ0) is 10.4. The van der Waals surface area contributed by atoms with Crippen molar-refractivity contribution in [3.63, 3.8) is 0 Å². The molecule has 0 spiro atoms. The summed E-state index contributed by atoms with van der Waals surface area (Å²) in [4.78, 5) is 15.3. The topological polar surface area (TPSA) is 59.4 Å². The van der Waals surface area contributed by atoms with Gasteiger partial charge in [0.1, 0.15) is 0 Å². The highest BCUT2D eigenvalue weighted by Crippen LogP contribution is 2.08. The first-order chi connectivity index (χ1) is 6.79. The van der Waals surface area contributed by atoms with Crippen LogP contribution in [0.1, 0.15) is 22.5 Å². The number of esters is 1. The van der Waals surface area contributed by atoms with Crippen LogP contribution in [0.25, 0.3) is 0 Å². The Morgan fingerprint density at radius 1 is 1.64 bits per heavy atom. The van der Waals surface area contributed by atoms with Gasteiger partial charge in [-0.1, -0.05) is 0 Å². The molecule has 0 aliphatic carbocycles. The van der Waals surface area contributed by atoms with Crippen molar-refractivity contribution in [1.29, 1.82) is 0 Å². The Bertz CT molecular complexity index is 312. The number of nitrogens with zero attached hydrogens (tertiary/aromatic N) is 1. The Hall–Kier alpha value is -1.42. The van der Waals surface area contributed by atoms with Crippen molar-refractivity contribution in [2.45, 2.75) is 12.8 Å². The molecule has 0 saturated heterocycles. The van der Waals surface area contributed by atoms with Crippen molar-refractivity contribution in [3.05, 3.63) is 29.6 Å². The van der Waals surface area contributed by atoms with Crippen molar-refractivity contribution in [2.75, 3.05) is 13.7 Å². The van der Waals surface area contributed by atoms with Gasteiger partial charge in [-0.25, -0.2) is 4.79 Å². The zero-order valence-corrected chi connectivity index (χ0v) is 8.06. The minimum absolute atomic E-state index is 0.0944. The number of hydrogen-bond acceptors (Lipinski definition) is 4. The standard InChI is InChI=1S/C10H13NO3/c1-14-10(13)8-4-2-6-11-9(8)5-3-7-12/h2,4,6,12H,3,5,7H2,1H3. The van der Waals surface area contributed by atoms with E-state index in [4.69, 9.17) is 5.11 Å². The van der Waals surface area contributed by atoms with Crippen LogP contribution in [0.3, 0.4) is 0 Å². The number of carbonyl (C=O) groups excluding carboxylic acids is 1. The van der Waals surface area contributed by atoms with E-state index >= 15 is 0 Å². The molecule has 0 aliphatic heterocycles. The van der Waals surface area contributed by atoms with E-state index in [-0.39, 0.29) is 12.6 Å². The second-order valence-electron chi connectivity index (χ2n) is 2.82. The molecule has 0 fully saturated rings. The Morgan fingerprint density at radius 2 is 2.43 bits per heavy atom. The third-order valence-electron chi connectivity index (χ3n) is 1.87. The smallest absolute Gasteiger partial charge is 0.339 e. The average Bonchev–Trinajstić information content (AvgIpc) is 2.25. The van der Waals surface area contributed by atoms with Crippen LogP contribution in [-0.2, 0) is 11.2 Å². The lowest BCUT2D eigenvalue weighted by atomic mass is 10.1. The first kappa shape index (κ1) is 10.7. The molecule has 0 atom stereocenters. The number of rotatable bonds is 4. The first-order valence-corrected chi connectivity index (χ1v) is 4.42. The maximum atomic E-state index is 11.3. The van der Waals surface area contributed by atoms with E-state index in [0.717, 1.165) is 0 Å². The number of aryl methyl sites for hydroxylation is 1. The van der Waals surface area contributed by atoms with E-state index in [1.54, 1.807) is 18.3 Å². The van der Waals surface area contributed by atoms with Gasteiger partial charge in [0.05, 0.1) is 18.4 Å². The predicted molar refractivity (Wildman–Crippen MR) is 51.0 cm³/mol. The van der Waals surface area contributed by atoms with Gasteiger partial charge in [-0.2, -0.15) is 0 Å². The number of aromatic nitrogens is 1. The number of aliphatic hydroxyl groups is 1. The molecule has 0 saturated carbocycles. The molecule has 76 valence electrons. The van der Waals surface area contributed by atoms with E-state index < -0.39 is 0 Å². The Morgan fingerprint density at radius 3 is 3.07 bits per heavy atom. The van der Waals surface area contributed by atoms with Crippen LogP contribution >= 0.6 is 0 Å². The molecule has 1 heterocycles. The van der Waals surface area contributed by atoms with Crippen molar-refractivity contribution in [1.82, 2.24) is 4.98 Å². The summed E-state index contributed by atoms with van der Waals surface area (Å²) in [5, 5.41) is 8.67. The zero-order valence-electron chi connectivity index (χ0n) is 8.06. The maximum absolute atomic E-state index is 11.3. The molecule has 0 aliphatic rings. The summed E-state index contributed by atoms with van der Waals surface area (Å²) in [7, 11) is 1.34. The molecule has 0 bridgehead atoms. The monoisotopic (exact) mass is 195 g/mol. The van der Waals surface area contributed by atoms with Gasteiger partial charge in [0.2, 0.25) is 0 Å². The van der Waals surface area contributed by atoms with Gasteiger partial charge in [-0.3, -0.25) is 4.98 Å². The summed E-state index contributed by atoms with van der Waals surface area (Å²) < 4.78 is 4.62. The van der Waals surface area contributed by atoms with Crippen LogP contribution in [0, 0.1) is 0 Å². The number of hydrogen-bond donors (Lipinski definition) is 1. The van der Waals surface area contributed by atoms with Gasteiger partial charge in [-0.15, -0.1) is 0 Å². The highest BCUT2D eigenvalue weighted by Gasteiger charge is 2.11. The van der Waals surface area contributed by atoms with Crippen LogP contribution in [0.4, 0.5) is 0 Å². The molecule has 0 amide bonds. The molecule has 1 N–H and O–H groups in total. The largest absolute Gasteiger partial charge is 0.465 e. The van der Waals surface area contributed by atoms with E-state index in [9.17, 15) is 4.79 Å². The predicted octanol–water partition coefficient (Wildman–Crippen LogP) is 0.793. The van der Waals surface area contributed by atoms with E-state index in [2.05, 4.69) is 9.72 Å². The first-order valence-electron chi connectivity index (χ1n) is 4.42. The average molecular weight is 195 g/mol. The van der Waals surface area contributed by atoms with Gasteiger partial charge in [0.15, 0.2) is 0 Å². The van der Waals surface area contributed by atoms with E-state index in [0.29, 0.717) is 24.1 Å². The van der Waals surface area contributed by atoms with Gasteiger partial charge in [0.25, 0.3) is 0 Å². The molecular weight excluding hydrogens is 182 g/mol. The molecule has 1 aromatic heterocycles. The highest BCUT2D eigenvalue weighted by molar-refractivity contribution is 5.90. The third kappa shape index (κ3) is 2.53. The number of carbonyl (C=O) groups is 1. The van der Waals surface area contributed by atoms with Crippen molar-refractivity contribution >= 4 is 5.97 Å². The van der Waals surface area contributed by atoms with Gasteiger partial charge < -0.3 is 9.84 Å². The minimum atomic E-state index is -0.383. The molecule has 14 heavy (non-hydrogen) atoms. The van der Waals surface area contributed by atoms with E-state index in [1.807, 2.05) is 0 Å². The lowest BCUT2D eigenvalue weighted by Gasteiger charge is -2.04. The van der Waals surface area contributed by atoms with Crippen LogP contribution in [0.15, 0.2) is 18.3 Å². The summed E-state index contributed by atoms with van der Waals surface area (Å²) >= 11 is 0. The quantitative estimate of drug-likeness (QED) is 0.722. The Kier molecular flexibility index (Phi) is 4.07. The Balaban J connectivity index is 2.85. The van der Waals surface area contributed by atoms with Gasteiger partial charge >= 0.3 is 5.97 Å². The molecule has 1 rings (SSSR count). The van der Waals surface area contributed by atoms with Gasteiger partial charge in [0, 0.05) is 12.8 Å². The molecule has 1 aromatic rings. The normalized spacial score (nSPS) is 9.86. The number of pyridine rings is 1. The summed E-state index contributed by atoms with van der Waals surface area (Å²) in [6.45, 7) is 0.0944. The minimum Gasteiger partial charge on any atom is -0.465 e. The fourth-order valence-corrected chi connectivity index (χ4v) is 1.18. The summed E-state index contributed by atoms with van der Waals surface area (Å²) in [6.07, 6.45) is 2.81. The van der Waals surface area contributed by atoms with Crippen LogP contribution in [0.2, 0.25) is 0 Å². The van der Waals surface area contributed by atoms with Crippen LogP contribution in [0.5, 0.6) is 0 Å². The van der Waals surface area contributed by atoms with Crippen molar-refractivity contribution in [2.24, 2.45) is 0 Å². The second kappa shape index (κ2) is 5.34. The fraction of sp³-hybridized carbons (Fsp3) is 0.400. The lowest BCUT2D eigenvalue weighted by molar-refractivity contribution is 0.0598. The summed E-state index contributed by atoms with van der Waals surface area (Å²) in [5.74, 6) is -0.383. The lowest BCUT2D eigenvalue weighted by Crippen LogP contribution is -2.07. The van der Waals surface area contributed by atoms with Crippen LogP contribution in [-0.4, -0.2) is 29.8 Å². The number of methoxy groups -OCH3 is 1. The van der Waals surface area contributed by atoms with E-state index in [1.165, 1.54) is 7.11 Å². The summed E-state index contributed by atoms with van der Waals surface area (Å²) in [5.41, 5.74) is 1.15. The molecule has 0 radical (unpaired) electrons. The number of ether oxygens (including phenoxy) is 1. The number of aliphatic hydroxyl groups excluding tert-OH is 1. The maximum Gasteiger partial charge on any atom is 0.339 e. The molecular formula is C10H13NO3. The second-order valence-corrected chi connectivity index (χ2v) is 2.82. The Labute approximate surface area is 82.5 Å². The molecule has 0 unspecified atom stereocenters. The molecule has 4 heteroatoms. The highest BCUT2D eigenvalue weighted by atomic mass is 16.5. The molecule has 4 nitrogen and oxygen atoms in total. The van der Waals surface area contributed by atoms with Crippen LogP contribution < -0.4 is 0 Å². The third-order valence-corrected chi connectivity index (χ3v) is 1.87. The van der Waals surface area contributed by atoms with Gasteiger partial charge in [-0.05, 0) is 25.0 Å². The van der Waals surface area contributed by atoms with Crippen molar-refractivity contribution < 1.29 is 14.6 Å². The SMILES string of the molecule is COC(=O)c1cccnc1CCCO. The fourth-order valence-electron chi connectivity index (χ4n) is 1.18. The van der Waals surface area contributed by atoms with Crippen molar-refractivity contribution in [3.8, 4) is 0 Å². The molecule has 0 aromatic carbocycles. The summed E-state index contributed by atoms with van der Waals surface area (Å²) in [6, 6.07) is 3.36.